The molecule has 6 heteroatoms. The molecule has 1 saturated carbocycles. The fourth-order valence-corrected chi connectivity index (χ4v) is 5.97. The Morgan fingerprint density at radius 3 is 2.65 bits per heavy atom. The van der Waals surface area contributed by atoms with Gasteiger partial charge in [0.1, 0.15) is 0 Å². The highest BCUT2D eigenvalue weighted by Gasteiger charge is 2.43. The molecule has 0 radical (unpaired) electrons. The molecule has 1 amide bonds. The average Bonchev–Trinajstić information content (AvgIpc) is 3.54. The van der Waals surface area contributed by atoms with Crippen molar-refractivity contribution in [3.05, 3.63) is 91.3 Å². The molecule has 31 heavy (non-hydrogen) atoms. The summed E-state index contributed by atoms with van der Waals surface area (Å²) in [5.74, 6) is 0.150. The molecule has 1 aliphatic heterocycles. The zero-order valence-corrected chi connectivity index (χ0v) is 19.2. The summed E-state index contributed by atoms with van der Waals surface area (Å²) in [6, 6.07) is 15.8. The van der Waals surface area contributed by atoms with E-state index in [0.717, 1.165) is 30.5 Å². The monoisotopic (exact) mass is 464 g/mol. The van der Waals surface area contributed by atoms with Gasteiger partial charge in [-0.05, 0) is 77.6 Å². The second-order valence-electron chi connectivity index (χ2n) is 7.70. The van der Waals surface area contributed by atoms with E-state index in [1.807, 2.05) is 30.3 Å². The van der Waals surface area contributed by atoms with Gasteiger partial charge in [0, 0.05) is 26.8 Å². The molecule has 1 fully saturated rings. The van der Waals surface area contributed by atoms with E-state index in [4.69, 9.17) is 16.7 Å². The third-order valence-electron chi connectivity index (χ3n) is 5.71. The molecule has 2 atom stereocenters. The third-order valence-corrected chi connectivity index (χ3v) is 7.72. The molecule has 5 rings (SSSR count). The number of allylic oxidation sites excluding steroid dienone is 1. The first-order valence-corrected chi connectivity index (χ1v) is 12.5. The van der Waals surface area contributed by atoms with Crippen LogP contribution in [0.3, 0.4) is 0 Å². The first kappa shape index (κ1) is 20.4. The molecule has 0 bridgehead atoms. The van der Waals surface area contributed by atoms with E-state index in [-0.39, 0.29) is 17.9 Å². The summed E-state index contributed by atoms with van der Waals surface area (Å²) in [6.45, 7) is 0. The summed E-state index contributed by atoms with van der Waals surface area (Å²) >= 11 is 9.40. The molecular weight excluding hydrogens is 444 g/mol. The minimum atomic E-state index is -0.0919. The number of benzene rings is 1. The maximum atomic E-state index is 13.3. The van der Waals surface area contributed by atoms with Gasteiger partial charge in [0.25, 0.3) is 5.91 Å². The smallest absolute Gasteiger partial charge is 0.267 e. The van der Waals surface area contributed by atoms with Gasteiger partial charge in [0.05, 0.1) is 11.8 Å². The number of amides is 1. The molecule has 0 N–H and O–H groups in total. The van der Waals surface area contributed by atoms with Crippen LogP contribution in [0.1, 0.15) is 40.6 Å². The van der Waals surface area contributed by atoms with Gasteiger partial charge >= 0.3 is 0 Å². The lowest BCUT2D eigenvalue weighted by molar-refractivity contribution is -0.128. The second-order valence-corrected chi connectivity index (χ2v) is 10.1. The summed E-state index contributed by atoms with van der Waals surface area (Å²) < 4.78 is 0. The predicted octanol–water partition coefficient (Wildman–Crippen LogP) is 7.30. The van der Waals surface area contributed by atoms with Crippen LogP contribution in [-0.2, 0) is 4.79 Å². The number of hydrazone groups is 1. The van der Waals surface area contributed by atoms with Gasteiger partial charge in [-0.1, -0.05) is 35.9 Å². The number of hydrogen-bond acceptors (Lipinski definition) is 4. The van der Waals surface area contributed by atoms with Crippen LogP contribution in [0.4, 0.5) is 0 Å². The van der Waals surface area contributed by atoms with Crippen LogP contribution in [0.2, 0.25) is 5.02 Å². The minimum Gasteiger partial charge on any atom is -0.268 e. The summed E-state index contributed by atoms with van der Waals surface area (Å²) in [4.78, 5) is 15.7. The van der Waals surface area contributed by atoms with Crippen molar-refractivity contribution in [2.75, 3.05) is 0 Å². The number of carbonyl (C=O) groups is 1. The van der Waals surface area contributed by atoms with Gasteiger partial charge in [-0.2, -0.15) is 5.10 Å². The highest BCUT2D eigenvalue weighted by atomic mass is 35.5. The van der Waals surface area contributed by atoms with Crippen LogP contribution >= 0.6 is 34.3 Å². The fourth-order valence-electron chi connectivity index (χ4n) is 4.28. The predicted molar refractivity (Wildman–Crippen MR) is 131 cm³/mol. The van der Waals surface area contributed by atoms with Gasteiger partial charge in [0.15, 0.2) is 0 Å². The van der Waals surface area contributed by atoms with Gasteiger partial charge in [0.2, 0.25) is 0 Å². The van der Waals surface area contributed by atoms with Crippen LogP contribution < -0.4 is 0 Å². The van der Waals surface area contributed by atoms with E-state index < -0.39 is 0 Å². The number of rotatable bonds is 4. The van der Waals surface area contributed by atoms with Crippen molar-refractivity contribution in [3.8, 4) is 0 Å². The van der Waals surface area contributed by atoms with E-state index >= 15 is 0 Å². The molecule has 3 aromatic rings. The van der Waals surface area contributed by atoms with E-state index in [0.29, 0.717) is 5.02 Å². The largest absolute Gasteiger partial charge is 0.268 e. The number of fused-ring (bicyclic) bond motifs is 1. The Labute approximate surface area is 195 Å². The molecule has 0 saturated heterocycles. The molecule has 2 aliphatic rings. The summed E-state index contributed by atoms with van der Waals surface area (Å²) in [5, 5.41) is 11.5. The normalized spacial score (nSPS) is 22.2. The van der Waals surface area contributed by atoms with Gasteiger partial charge in [-0.25, -0.2) is 5.01 Å². The van der Waals surface area contributed by atoms with Gasteiger partial charge in [-0.3, -0.25) is 4.79 Å². The van der Waals surface area contributed by atoms with Crippen molar-refractivity contribution >= 4 is 58.0 Å². The second kappa shape index (κ2) is 8.95. The van der Waals surface area contributed by atoms with Crippen molar-refractivity contribution in [2.24, 2.45) is 11.0 Å². The summed E-state index contributed by atoms with van der Waals surface area (Å²) in [6.07, 6.45) is 8.87. The highest BCUT2D eigenvalue weighted by Crippen LogP contribution is 2.45. The lowest BCUT2D eigenvalue weighted by Crippen LogP contribution is -2.30. The van der Waals surface area contributed by atoms with Crippen molar-refractivity contribution in [2.45, 2.75) is 25.3 Å². The van der Waals surface area contributed by atoms with Crippen molar-refractivity contribution < 1.29 is 4.79 Å². The Morgan fingerprint density at radius 1 is 1.10 bits per heavy atom. The van der Waals surface area contributed by atoms with E-state index in [1.54, 1.807) is 33.8 Å². The lowest BCUT2D eigenvalue weighted by Gasteiger charge is -2.28. The van der Waals surface area contributed by atoms with Gasteiger partial charge < -0.3 is 0 Å². The van der Waals surface area contributed by atoms with E-state index in [9.17, 15) is 4.79 Å². The average molecular weight is 465 g/mol. The van der Waals surface area contributed by atoms with E-state index in [1.165, 1.54) is 15.3 Å². The zero-order chi connectivity index (χ0) is 21.2. The third kappa shape index (κ3) is 4.31. The number of thiophene rings is 2. The van der Waals surface area contributed by atoms with Crippen molar-refractivity contribution in [1.29, 1.82) is 0 Å². The number of nitrogens with zero attached hydrogens (tertiary/aromatic N) is 2. The maximum Gasteiger partial charge on any atom is 0.267 e. The summed E-state index contributed by atoms with van der Waals surface area (Å²) in [5.41, 5.74) is 3.27. The van der Waals surface area contributed by atoms with Crippen LogP contribution in [0.15, 0.2) is 76.0 Å². The van der Waals surface area contributed by atoms with Crippen LogP contribution in [0, 0.1) is 5.92 Å². The Balaban J connectivity index is 1.48. The molecule has 0 spiro atoms. The van der Waals surface area contributed by atoms with Crippen LogP contribution in [0.25, 0.3) is 12.2 Å². The quantitative estimate of drug-likeness (QED) is 0.373. The molecule has 3 nitrogen and oxygen atoms in total. The van der Waals surface area contributed by atoms with Gasteiger partial charge in [-0.15, -0.1) is 22.7 Å². The lowest BCUT2D eigenvalue weighted by atomic mass is 9.79. The molecule has 1 aromatic carbocycles. The fraction of sp³-hybridized carbons (Fsp3) is 0.200. The van der Waals surface area contributed by atoms with E-state index in [2.05, 4.69) is 41.1 Å². The van der Waals surface area contributed by atoms with Crippen molar-refractivity contribution in [1.82, 2.24) is 5.01 Å². The first-order chi connectivity index (χ1) is 15.2. The Morgan fingerprint density at radius 2 is 1.90 bits per heavy atom. The zero-order valence-electron chi connectivity index (χ0n) is 16.8. The molecule has 2 unspecified atom stereocenters. The standard InChI is InChI=1S/C25H21ClN2OS2/c26-19-11-8-17(9-12-19)10-13-23(29)28-25(22-7-3-15-31-22)21-6-1-4-18(24(21)27-28)16-20-5-2-14-30-20/h2-3,5,7-16,21,25H,1,4,6H2/b13-10-,18-16-. The van der Waals surface area contributed by atoms with Crippen LogP contribution in [-0.4, -0.2) is 16.6 Å². The van der Waals surface area contributed by atoms with Crippen molar-refractivity contribution in [3.63, 3.8) is 0 Å². The highest BCUT2D eigenvalue weighted by molar-refractivity contribution is 7.11. The Bertz CT molecular complexity index is 1140. The topological polar surface area (TPSA) is 32.7 Å². The Kier molecular flexibility index (Phi) is 5.90. The SMILES string of the molecule is O=C(/C=C\c1ccc(Cl)cc1)N1N=C2/C(=C\c3cccs3)CCCC2C1c1cccs1. The number of carbonyl (C=O) groups excluding carboxylic acids is 1. The molecular formula is C25H21ClN2OS2. The number of hydrogen-bond donors (Lipinski definition) is 0. The number of halogens is 1. The minimum absolute atomic E-state index is 0.0376. The molecule has 1 aliphatic carbocycles. The summed E-state index contributed by atoms with van der Waals surface area (Å²) in [7, 11) is 0. The first-order valence-electron chi connectivity index (χ1n) is 10.3. The molecule has 3 heterocycles. The molecule has 156 valence electrons. The Hall–Kier alpha value is -2.47. The molecule has 2 aromatic heterocycles. The maximum absolute atomic E-state index is 13.3. The van der Waals surface area contributed by atoms with Crippen LogP contribution in [0.5, 0.6) is 0 Å².